The van der Waals surface area contributed by atoms with Crippen LogP contribution in [-0.4, -0.2) is 59.5 Å². The number of benzene rings is 1. The van der Waals surface area contributed by atoms with Gasteiger partial charge in [0, 0.05) is 33.9 Å². The minimum absolute atomic E-state index is 0.270. The van der Waals surface area contributed by atoms with Crippen LogP contribution in [0, 0.1) is 0 Å². The second-order valence-electron chi connectivity index (χ2n) is 7.37. The first-order valence-electron chi connectivity index (χ1n) is 10.0. The van der Waals surface area contributed by atoms with E-state index in [9.17, 15) is 19.2 Å². The predicted molar refractivity (Wildman–Crippen MR) is 109 cm³/mol. The first-order valence-corrected chi connectivity index (χ1v) is 10.0. The molecule has 2 aromatic rings. The van der Waals surface area contributed by atoms with Crippen molar-refractivity contribution in [3.63, 3.8) is 0 Å². The highest BCUT2D eigenvalue weighted by Gasteiger charge is 2.52. The van der Waals surface area contributed by atoms with Crippen LogP contribution in [0.1, 0.15) is 33.9 Å². The van der Waals surface area contributed by atoms with E-state index in [4.69, 9.17) is 23.7 Å². The molecule has 0 saturated carbocycles. The molecule has 0 radical (unpaired) electrons. The fourth-order valence-electron chi connectivity index (χ4n) is 3.76. The van der Waals surface area contributed by atoms with Crippen LogP contribution in [0.4, 0.5) is 0 Å². The molecule has 0 spiro atoms. The van der Waals surface area contributed by atoms with Crippen LogP contribution in [0.25, 0.3) is 10.9 Å². The number of rotatable bonds is 6. The van der Waals surface area contributed by atoms with Crippen molar-refractivity contribution in [1.29, 1.82) is 0 Å². The summed E-state index contributed by atoms with van der Waals surface area (Å²) in [7, 11) is 0. The van der Waals surface area contributed by atoms with Gasteiger partial charge in [-0.2, -0.15) is 0 Å². The molecule has 0 N–H and O–H groups in total. The van der Waals surface area contributed by atoms with Crippen molar-refractivity contribution in [3.8, 4) is 0 Å². The second kappa shape index (κ2) is 9.82. The third-order valence-electron chi connectivity index (χ3n) is 4.87. The zero-order valence-corrected chi connectivity index (χ0v) is 18.2. The minimum atomic E-state index is -1.21. The van der Waals surface area contributed by atoms with E-state index in [2.05, 4.69) is 0 Å². The molecule has 1 saturated heterocycles. The number of carbonyl (C=O) groups is 4. The monoisotopic (exact) mass is 447 g/mol. The molecular formula is C22H25NO9. The van der Waals surface area contributed by atoms with Crippen molar-refractivity contribution in [2.75, 3.05) is 6.61 Å². The van der Waals surface area contributed by atoms with Gasteiger partial charge in [-0.05, 0) is 17.5 Å². The Kier molecular flexibility index (Phi) is 7.14. The van der Waals surface area contributed by atoms with Crippen LogP contribution in [0.5, 0.6) is 0 Å². The molecule has 10 nitrogen and oxygen atoms in total. The normalized spacial score (nSPS) is 25.1. The molecule has 5 atom stereocenters. The quantitative estimate of drug-likeness (QED) is 0.483. The summed E-state index contributed by atoms with van der Waals surface area (Å²) in [4.78, 5) is 47.1. The molecule has 0 amide bonds. The minimum Gasteiger partial charge on any atom is -0.463 e. The molecule has 10 heteroatoms. The average Bonchev–Trinajstić information content (AvgIpc) is 3.12. The number of nitrogens with zero attached hydrogens (tertiary/aromatic N) is 1. The maximum absolute atomic E-state index is 11.9. The molecular weight excluding hydrogens is 422 g/mol. The van der Waals surface area contributed by atoms with Gasteiger partial charge in [-0.15, -0.1) is 0 Å². The third kappa shape index (κ3) is 5.25. The number of para-hydroxylation sites is 1. The van der Waals surface area contributed by atoms with Crippen LogP contribution in [0.15, 0.2) is 36.5 Å². The van der Waals surface area contributed by atoms with Crippen molar-refractivity contribution in [3.05, 3.63) is 36.5 Å². The zero-order valence-electron chi connectivity index (χ0n) is 18.2. The lowest BCUT2D eigenvalue weighted by Crippen LogP contribution is -2.60. The van der Waals surface area contributed by atoms with Gasteiger partial charge in [0.05, 0.1) is 5.52 Å². The van der Waals surface area contributed by atoms with Crippen molar-refractivity contribution in [2.45, 2.75) is 58.3 Å². The summed E-state index contributed by atoms with van der Waals surface area (Å²) in [5.74, 6) is -2.55. The summed E-state index contributed by atoms with van der Waals surface area (Å²) >= 11 is 0. The number of carbonyl (C=O) groups excluding carboxylic acids is 4. The summed E-state index contributed by atoms with van der Waals surface area (Å²) in [6.45, 7) is 4.53. The summed E-state index contributed by atoms with van der Waals surface area (Å²) in [5, 5.41) is 0.903. The smallest absolute Gasteiger partial charge is 0.303 e. The van der Waals surface area contributed by atoms with E-state index in [1.807, 2.05) is 30.3 Å². The topological polar surface area (TPSA) is 119 Å². The molecule has 3 unspecified atom stereocenters. The Hall–Kier alpha value is -3.40. The fourth-order valence-corrected chi connectivity index (χ4v) is 3.76. The molecule has 1 aromatic carbocycles. The Bertz CT molecular complexity index is 1010. The van der Waals surface area contributed by atoms with E-state index in [0.717, 1.165) is 10.9 Å². The number of aromatic nitrogens is 1. The van der Waals surface area contributed by atoms with Crippen molar-refractivity contribution in [2.24, 2.45) is 0 Å². The van der Waals surface area contributed by atoms with E-state index in [1.54, 1.807) is 10.8 Å². The Balaban J connectivity index is 2.10. The molecule has 0 bridgehead atoms. The molecule has 1 aliphatic heterocycles. The van der Waals surface area contributed by atoms with Gasteiger partial charge in [0.1, 0.15) is 12.7 Å². The second-order valence-corrected chi connectivity index (χ2v) is 7.37. The van der Waals surface area contributed by atoms with Crippen LogP contribution < -0.4 is 0 Å². The van der Waals surface area contributed by atoms with E-state index < -0.39 is 54.5 Å². The predicted octanol–water partition coefficient (Wildman–Crippen LogP) is 1.90. The van der Waals surface area contributed by atoms with Crippen molar-refractivity contribution in [1.82, 2.24) is 4.57 Å². The Morgan fingerprint density at radius 2 is 1.41 bits per heavy atom. The number of esters is 4. The van der Waals surface area contributed by atoms with Gasteiger partial charge in [-0.25, -0.2) is 0 Å². The Labute approximate surface area is 184 Å². The molecule has 0 aliphatic carbocycles. The fraction of sp³-hybridized carbons (Fsp3) is 0.455. The highest BCUT2D eigenvalue weighted by molar-refractivity contribution is 5.80. The van der Waals surface area contributed by atoms with Crippen LogP contribution >= 0.6 is 0 Å². The first-order chi connectivity index (χ1) is 15.2. The largest absolute Gasteiger partial charge is 0.463 e. The molecule has 2 heterocycles. The van der Waals surface area contributed by atoms with Gasteiger partial charge in [-0.3, -0.25) is 19.2 Å². The van der Waals surface area contributed by atoms with Gasteiger partial charge in [-0.1, -0.05) is 18.2 Å². The van der Waals surface area contributed by atoms with Crippen LogP contribution in [0.3, 0.4) is 0 Å². The summed E-state index contributed by atoms with van der Waals surface area (Å²) in [5.41, 5.74) is 0.772. The lowest BCUT2D eigenvalue weighted by atomic mass is 9.97. The molecule has 1 fully saturated rings. The number of hydrogen-bond acceptors (Lipinski definition) is 9. The number of fused-ring (bicyclic) bond motifs is 1. The van der Waals surface area contributed by atoms with E-state index >= 15 is 0 Å². The highest BCUT2D eigenvalue weighted by Crippen LogP contribution is 2.36. The SMILES string of the molecule is CC(=O)OCC1OC(n2ccc3ccccc32)[C@H](OC(C)=O)C(OC(C)=O)[C@@H]1OC(C)=O. The summed E-state index contributed by atoms with van der Waals surface area (Å²) in [6, 6.07) is 9.31. The van der Waals surface area contributed by atoms with Gasteiger partial charge in [0.2, 0.25) is 0 Å². The van der Waals surface area contributed by atoms with E-state index in [0.29, 0.717) is 0 Å². The summed E-state index contributed by atoms with van der Waals surface area (Å²) in [6.07, 6.45) is -3.75. The molecule has 1 aliphatic rings. The average molecular weight is 447 g/mol. The molecule has 32 heavy (non-hydrogen) atoms. The maximum atomic E-state index is 11.9. The van der Waals surface area contributed by atoms with E-state index in [-0.39, 0.29) is 6.61 Å². The lowest BCUT2D eigenvalue weighted by molar-refractivity contribution is -0.267. The number of hydrogen-bond donors (Lipinski definition) is 0. The van der Waals surface area contributed by atoms with Crippen molar-refractivity contribution < 1.29 is 42.9 Å². The maximum Gasteiger partial charge on any atom is 0.303 e. The number of ether oxygens (including phenoxy) is 5. The van der Waals surface area contributed by atoms with E-state index in [1.165, 1.54) is 27.7 Å². The third-order valence-corrected chi connectivity index (χ3v) is 4.87. The van der Waals surface area contributed by atoms with Gasteiger partial charge in [0.15, 0.2) is 24.5 Å². The Morgan fingerprint density at radius 1 is 0.812 bits per heavy atom. The van der Waals surface area contributed by atoms with Crippen LogP contribution in [0.2, 0.25) is 0 Å². The van der Waals surface area contributed by atoms with Gasteiger partial charge in [0.25, 0.3) is 0 Å². The zero-order chi connectivity index (χ0) is 23.4. The van der Waals surface area contributed by atoms with Crippen LogP contribution in [-0.2, 0) is 42.9 Å². The highest BCUT2D eigenvalue weighted by atomic mass is 16.7. The summed E-state index contributed by atoms with van der Waals surface area (Å²) < 4.78 is 29.4. The molecule has 3 rings (SSSR count). The standard InChI is InChI=1S/C22H25NO9/c1-12(24)28-11-18-19(29-13(2)25)20(30-14(3)26)21(31-15(4)27)22(32-18)23-10-9-16-7-5-6-8-17(16)23/h5-10,18-22H,11H2,1-4H3/t18?,19-,20?,21-,22?/m1/s1. The first kappa shape index (κ1) is 23.3. The van der Waals surface area contributed by atoms with Crippen molar-refractivity contribution >= 4 is 34.8 Å². The van der Waals surface area contributed by atoms with Gasteiger partial charge >= 0.3 is 23.9 Å². The Morgan fingerprint density at radius 3 is 2.03 bits per heavy atom. The lowest BCUT2D eigenvalue weighted by Gasteiger charge is -2.44. The molecule has 172 valence electrons. The molecule has 1 aromatic heterocycles. The van der Waals surface area contributed by atoms with Gasteiger partial charge < -0.3 is 28.3 Å².